The summed E-state index contributed by atoms with van der Waals surface area (Å²) >= 11 is 0. The highest BCUT2D eigenvalue weighted by Crippen LogP contribution is 2.19. The van der Waals surface area contributed by atoms with E-state index >= 15 is 0 Å². The maximum atomic E-state index is 12.3. The minimum absolute atomic E-state index is 0.0501. The van der Waals surface area contributed by atoms with Crippen molar-refractivity contribution >= 4 is 11.5 Å². The van der Waals surface area contributed by atoms with Crippen LogP contribution in [-0.4, -0.2) is 43.7 Å². The van der Waals surface area contributed by atoms with Crippen LogP contribution in [0.1, 0.15) is 19.4 Å². The number of allylic oxidation sites excluding steroid dienone is 1. The highest BCUT2D eigenvalue weighted by molar-refractivity contribution is 5.95. The van der Waals surface area contributed by atoms with Crippen LogP contribution in [0, 0.1) is 0 Å². The number of morpholine rings is 1. The number of benzene rings is 1. The molecule has 1 heterocycles. The van der Waals surface area contributed by atoms with Gasteiger partial charge in [-0.05, 0) is 37.1 Å². The minimum atomic E-state index is 0.0501. The summed E-state index contributed by atoms with van der Waals surface area (Å²) in [4.78, 5) is 14.1. The second-order valence-electron chi connectivity index (χ2n) is 5.01. The predicted octanol–water partition coefficient (Wildman–Crippen LogP) is 2.35. The van der Waals surface area contributed by atoms with Gasteiger partial charge in [0.05, 0.1) is 26.4 Å². The lowest BCUT2D eigenvalue weighted by atomic mass is 10.1. The maximum absolute atomic E-state index is 12.3. The van der Waals surface area contributed by atoms with Crippen LogP contribution in [0.25, 0.3) is 5.57 Å². The molecule has 0 radical (unpaired) electrons. The van der Waals surface area contributed by atoms with Gasteiger partial charge in [-0.25, -0.2) is 0 Å². The van der Waals surface area contributed by atoms with E-state index in [2.05, 4.69) is 0 Å². The van der Waals surface area contributed by atoms with Gasteiger partial charge < -0.3 is 14.4 Å². The molecule has 1 aromatic carbocycles. The van der Waals surface area contributed by atoms with Gasteiger partial charge in [-0.3, -0.25) is 4.79 Å². The van der Waals surface area contributed by atoms with Crippen molar-refractivity contribution in [3.05, 3.63) is 35.9 Å². The number of methoxy groups -OCH3 is 1. The first-order valence-corrected chi connectivity index (χ1v) is 6.83. The minimum Gasteiger partial charge on any atom is -0.497 e. The Morgan fingerprint density at radius 2 is 2.10 bits per heavy atom. The average molecular weight is 275 g/mol. The number of nitrogens with zero attached hydrogens (tertiary/aromatic N) is 1. The van der Waals surface area contributed by atoms with E-state index < -0.39 is 0 Å². The predicted molar refractivity (Wildman–Crippen MR) is 78.6 cm³/mol. The molecule has 1 fully saturated rings. The van der Waals surface area contributed by atoms with Gasteiger partial charge >= 0.3 is 0 Å². The molecule has 1 aliphatic rings. The van der Waals surface area contributed by atoms with Gasteiger partial charge in [-0.2, -0.15) is 0 Å². The third kappa shape index (κ3) is 3.39. The molecule has 1 amide bonds. The lowest BCUT2D eigenvalue weighted by molar-refractivity contribution is -0.133. The van der Waals surface area contributed by atoms with E-state index in [1.807, 2.05) is 43.0 Å². The molecule has 4 nitrogen and oxygen atoms in total. The van der Waals surface area contributed by atoms with Crippen LogP contribution in [0.3, 0.4) is 0 Å². The molecule has 108 valence electrons. The van der Waals surface area contributed by atoms with Gasteiger partial charge in [0.1, 0.15) is 5.75 Å². The molecule has 1 aliphatic heterocycles. The van der Waals surface area contributed by atoms with E-state index in [1.165, 1.54) is 0 Å². The fourth-order valence-corrected chi connectivity index (χ4v) is 2.26. The topological polar surface area (TPSA) is 38.8 Å². The van der Waals surface area contributed by atoms with Crippen LogP contribution in [0.4, 0.5) is 0 Å². The maximum Gasteiger partial charge on any atom is 0.247 e. The summed E-state index contributed by atoms with van der Waals surface area (Å²) in [6.07, 6.45) is 1.70. The van der Waals surface area contributed by atoms with E-state index in [0.29, 0.717) is 19.8 Å². The zero-order chi connectivity index (χ0) is 14.5. The zero-order valence-corrected chi connectivity index (χ0v) is 12.3. The van der Waals surface area contributed by atoms with Crippen LogP contribution >= 0.6 is 0 Å². The average Bonchev–Trinajstić information content (AvgIpc) is 2.47. The number of carbonyl (C=O) groups is 1. The van der Waals surface area contributed by atoms with Crippen molar-refractivity contribution in [3.8, 4) is 5.75 Å². The molecule has 1 atom stereocenters. The molecular formula is C16H21NO3. The number of carbonyl (C=O) groups excluding carboxylic acids is 1. The largest absolute Gasteiger partial charge is 0.497 e. The summed E-state index contributed by atoms with van der Waals surface area (Å²) in [5, 5.41) is 0. The number of ether oxygens (including phenoxy) is 2. The van der Waals surface area contributed by atoms with Crippen LogP contribution in [0.2, 0.25) is 0 Å². The number of hydrogen-bond donors (Lipinski definition) is 0. The van der Waals surface area contributed by atoms with Crippen molar-refractivity contribution < 1.29 is 14.3 Å². The third-order valence-corrected chi connectivity index (χ3v) is 3.54. The molecule has 0 spiro atoms. The first-order valence-electron chi connectivity index (χ1n) is 6.83. The first-order chi connectivity index (χ1) is 9.61. The van der Waals surface area contributed by atoms with Crippen LogP contribution in [0.5, 0.6) is 5.75 Å². The molecular weight excluding hydrogens is 254 g/mol. The lowest BCUT2D eigenvalue weighted by Gasteiger charge is -2.32. The molecule has 1 saturated heterocycles. The van der Waals surface area contributed by atoms with Crippen molar-refractivity contribution in [2.75, 3.05) is 26.9 Å². The van der Waals surface area contributed by atoms with Crippen LogP contribution in [0.15, 0.2) is 30.3 Å². The van der Waals surface area contributed by atoms with Gasteiger partial charge in [0.2, 0.25) is 5.91 Å². The molecule has 0 saturated carbocycles. The Balaban J connectivity index is 2.09. The third-order valence-electron chi connectivity index (χ3n) is 3.54. The quantitative estimate of drug-likeness (QED) is 0.795. The molecule has 1 unspecified atom stereocenters. The van der Waals surface area contributed by atoms with E-state index in [4.69, 9.17) is 9.47 Å². The number of hydrogen-bond acceptors (Lipinski definition) is 3. The Kier molecular flexibility index (Phi) is 4.79. The molecule has 0 bridgehead atoms. The summed E-state index contributed by atoms with van der Waals surface area (Å²) in [5.74, 6) is 0.865. The summed E-state index contributed by atoms with van der Waals surface area (Å²) in [7, 11) is 1.64. The van der Waals surface area contributed by atoms with Gasteiger partial charge in [-0.15, -0.1) is 0 Å². The van der Waals surface area contributed by atoms with Gasteiger partial charge in [0.25, 0.3) is 0 Å². The van der Waals surface area contributed by atoms with Crippen LogP contribution in [-0.2, 0) is 9.53 Å². The van der Waals surface area contributed by atoms with E-state index in [1.54, 1.807) is 13.2 Å². The molecule has 20 heavy (non-hydrogen) atoms. The molecule has 0 N–H and O–H groups in total. The first kappa shape index (κ1) is 14.6. The Morgan fingerprint density at radius 1 is 1.40 bits per heavy atom. The fraction of sp³-hybridized carbons (Fsp3) is 0.438. The summed E-state index contributed by atoms with van der Waals surface area (Å²) in [6.45, 7) is 5.84. The van der Waals surface area contributed by atoms with Gasteiger partial charge in [-0.1, -0.05) is 12.1 Å². The van der Waals surface area contributed by atoms with Crippen molar-refractivity contribution in [2.24, 2.45) is 0 Å². The van der Waals surface area contributed by atoms with Crippen LogP contribution < -0.4 is 4.74 Å². The van der Waals surface area contributed by atoms with Crippen molar-refractivity contribution in [3.63, 3.8) is 0 Å². The Morgan fingerprint density at radius 3 is 2.70 bits per heavy atom. The van der Waals surface area contributed by atoms with Crippen molar-refractivity contribution in [1.82, 2.24) is 4.90 Å². The van der Waals surface area contributed by atoms with E-state index in [9.17, 15) is 4.79 Å². The molecule has 0 aliphatic carbocycles. The summed E-state index contributed by atoms with van der Waals surface area (Å²) < 4.78 is 10.5. The summed E-state index contributed by atoms with van der Waals surface area (Å²) in [5.41, 5.74) is 1.98. The SMILES string of the molecule is COc1ccc(/C(C)=C/C(=O)N2CCOCC2C)cc1. The van der Waals surface area contributed by atoms with Gasteiger partial charge in [0, 0.05) is 12.6 Å². The number of rotatable bonds is 3. The molecule has 0 aromatic heterocycles. The number of amides is 1. The molecule has 2 rings (SSSR count). The van der Waals surface area contributed by atoms with E-state index in [0.717, 1.165) is 16.9 Å². The second-order valence-corrected chi connectivity index (χ2v) is 5.01. The highest BCUT2D eigenvalue weighted by atomic mass is 16.5. The molecule has 4 heteroatoms. The Hall–Kier alpha value is -1.81. The highest BCUT2D eigenvalue weighted by Gasteiger charge is 2.22. The Labute approximate surface area is 120 Å². The van der Waals surface area contributed by atoms with Crippen molar-refractivity contribution in [2.45, 2.75) is 19.9 Å². The Bertz CT molecular complexity index is 493. The lowest BCUT2D eigenvalue weighted by Crippen LogP contribution is -2.46. The second kappa shape index (κ2) is 6.57. The van der Waals surface area contributed by atoms with Crippen molar-refractivity contribution in [1.29, 1.82) is 0 Å². The zero-order valence-electron chi connectivity index (χ0n) is 12.3. The van der Waals surface area contributed by atoms with E-state index in [-0.39, 0.29) is 11.9 Å². The molecule has 1 aromatic rings. The smallest absolute Gasteiger partial charge is 0.247 e. The summed E-state index contributed by atoms with van der Waals surface area (Å²) in [6, 6.07) is 7.85. The normalized spacial score (nSPS) is 19.9. The fourth-order valence-electron chi connectivity index (χ4n) is 2.26. The van der Waals surface area contributed by atoms with Gasteiger partial charge in [0.15, 0.2) is 0 Å². The monoisotopic (exact) mass is 275 g/mol. The standard InChI is InChI=1S/C16H21NO3/c1-12(14-4-6-15(19-3)7-5-14)10-16(18)17-8-9-20-11-13(17)2/h4-7,10,13H,8-9,11H2,1-3H3/b12-10+.